The molecule has 0 fully saturated rings. The summed E-state index contributed by atoms with van der Waals surface area (Å²) in [6.45, 7) is 4.27. The van der Waals surface area contributed by atoms with E-state index in [1.807, 2.05) is 13.0 Å². The van der Waals surface area contributed by atoms with Gasteiger partial charge in [0.25, 0.3) is 0 Å². The molecule has 0 saturated heterocycles. The summed E-state index contributed by atoms with van der Waals surface area (Å²) >= 11 is 0. The zero-order chi connectivity index (χ0) is 10.6. The summed E-state index contributed by atoms with van der Waals surface area (Å²) in [5, 5.41) is 11.7. The Hall–Kier alpha value is -1.67. The van der Waals surface area contributed by atoms with Crippen molar-refractivity contribution >= 4 is 5.82 Å². The van der Waals surface area contributed by atoms with Crippen LogP contribution < -0.4 is 11.1 Å². The maximum atomic E-state index is 8.67. The van der Waals surface area contributed by atoms with Gasteiger partial charge in [-0.05, 0) is 13.8 Å². The van der Waals surface area contributed by atoms with Gasteiger partial charge in [-0.25, -0.2) is 9.97 Å². The molecule has 1 aromatic rings. The number of hydrogen-bond donors (Lipinski definition) is 2. The highest BCUT2D eigenvalue weighted by Gasteiger charge is 2.01. The summed E-state index contributed by atoms with van der Waals surface area (Å²) in [6, 6.07) is 3.63. The number of aryl methyl sites for hydroxylation is 1. The van der Waals surface area contributed by atoms with Crippen molar-refractivity contribution in [1.29, 1.82) is 5.26 Å². The molecule has 0 aliphatic rings. The lowest BCUT2D eigenvalue weighted by atomic mass is 10.3. The molecule has 74 valence electrons. The second-order valence-corrected chi connectivity index (χ2v) is 3.16. The van der Waals surface area contributed by atoms with Crippen molar-refractivity contribution in [2.24, 2.45) is 5.73 Å². The molecule has 1 rings (SSSR count). The van der Waals surface area contributed by atoms with Crippen molar-refractivity contribution in [1.82, 2.24) is 9.97 Å². The van der Waals surface area contributed by atoms with E-state index < -0.39 is 0 Å². The smallest absolute Gasteiger partial charge is 0.146 e. The van der Waals surface area contributed by atoms with Crippen LogP contribution in [0.3, 0.4) is 0 Å². The van der Waals surface area contributed by atoms with Gasteiger partial charge in [-0.1, -0.05) is 0 Å². The molecule has 0 aliphatic carbocycles. The Labute approximate surface area is 83.0 Å². The van der Waals surface area contributed by atoms with Crippen LogP contribution in [-0.2, 0) is 0 Å². The lowest BCUT2D eigenvalue weighted by Crippen LogP contribution is -2.25. The van der Waals surface area contributed by atoms with Gasteiger partial charge in [0.2, 0.25) is 0 Å². The van der Waals surface area contributed by atoms with Crippen molar-refractivity contribution in [2.75, 3.05) is 11.9 Å². The summed E-state index contributed by atoms with van der Waals surface area (Å²) in [7, 11) is 0. The van der Waals surface area contributed by atoms with Crippen molar-refractivity contribution in [3.63, 3.8) is 0 Å². The van der Waals surface area contributed by atoms with Gasteiger partial charge in [0, 0.05) is 18.7 Å². The Bertz CT molecular complexity index is 353. The highest BCUT2D eigenvalue weighted by molar-refractivity contribution is 5.39. The normalized spacial score (nSPS) is 11.9. The van der Waals surface area contributed by atoms with Gasteiger partial charge in [-0.2, -0.15) is 5.26 Å². The third-order valence-corrected chi connectivity index (χ3v) is 1.56. The topological polar surface area (TPSA) is 87.6 Å². The van der Waals surface area contributed by atoms with E-state index in [1.54, 1.807) is 13.0 Å². The Balaban J connectivity index is 2.78. The molecule has 5 heteroatoms. The van der Waals surface area contributed by atoms with Crippen LogP contribution >= 0.6 is 0 Å². The maximum absolute atomic E-state index is 8.67. The molecule has 0 aromatic carbocycles. The molecular formula is C9H13N5. The number of nitriles is 1. The molecule has 0 amide bonds. The van der Waals surface area contributed by atoms with Gasteiger partial charge in [-0.15, -0.1) is 0 Å². The lowest BCUT2D eigenvalue weighted by Gasteiger charge is -2.08. The van der Waals surface area contributed by atoms with Crippen LogP contribution in [0.15, 0.2) is 6.07 Å². The average molecular weight is 191 g/mol. The Morgan fingerprint density at radius 3 is 2.93 bits per heavy atom. The summed E-state index contributed by atoms with van der Waals surface area (Å²) < 4.78 is 0. The number of aromatic nitrogens is 2. The van der Waals surface area contributed by atoms with Crippen molar-refractivity contribution in [2.45, 2.75) is 19.9 Å². The van der Waals surface area contributed by atoms with Crippen LogP contribution in [0.25, 0.3) is 0 Å². The SMILES string of the molecule is Cc1nc(C#N)cc(NCC(C)N)n1. The number of nitrogens with one attached hydrogen (secondary N) is 1. The van der Waals surface area contributed by atoms with Gasteiger partial charge in [0.15, 0.2) is 0 Å². The van der Waals surface area contributed by atoms with Crippen molar-refractivity contribution < 1.29 is 0 Å². The van der Waals surface area contributed by atoms with E-state index >= 15 is 0 Å². The molecule has 0 aliphatic heterocycles. The molecule has 1 heterocycles. The molecule has 14 heavy (non-hydrogen) atoms. The minimum absolute atomic E-state index is 0.0517. The largest absolute Gasteiger partial charge is 0.368 e. The molecule has 1 aromatic heterocycles. The van der Waals surface area contributed by atoms with E-state index in [-0.39, 0.29) is 6.04 Å². The highest BCUT2D eigenvalue weighted by Crippen LogP contribution is 2.05. The molecule has 0 saturated carbocycles. The van der Waals surface area contributed by atoms with E-state index in [9.17, 15) is 0 Å². The third kappa shape index (κ3) is 2.99. The first-order valence-electron chi connectivity index (χ1n) is 4.37. The first kappa shape index (κ1) is 10.4. The van der Waals surface area contributed by atoms with Crippen LogP contribution in [0.2, 0.25) is 0 Å². The average Bonchev–Trinajstić information content (AvgIpc) is 2.14. The van der Waals surface area contributed by atoms with E-state index in [1.165, 1.54) is 0 Å². The van der Waals surface area contributed by atoms with Gasteiger partial charge in [-0.3, -0.25) is 0 Å². The third-order valence-electron chi connectivity index (χ3n) is 1.56. The van der Waals surface area contributed by atoms with Gasteiger partial charge < -0.3 is 11.1 Å². The van der Waals surface area contributed by atoms with Crippen molar-refractivity contribution in [3.8, 4) is 6.07 Å². The fraction of sp³-hybridized carbons (Fsp3) is 0.444. The molecule has 1 atom stereocenters. The molecule has 0 spiro atoms. The molecule has 5 nitrogen and oxygen atoms in total. The predicted octanol–water partition coefficient (Wildman–Crippen LogP) is 0.416. The number of anilines is 1. The van der Waals surface area contributed by atoms with E-state index in [2.05, 4.69) is 15.3 Å². The molecule has 0 radical (unpaired) electrons. The first-order valence-corrected chi connectivity index (χ1v) is 4.37. The van der Waals surface area contributed by atoms with Crippen LogP contribution in [0, 0.1) is 18.3 Å². The zero-order valence-electron chi connectivity index (χ0n) is 8.28. The maximum Gasteiger partial charge on any atom is 0.146 e. The second kappa shape index (κ2) is 4.53. The van der Waals surface area contributed by atoms with E-state index in [0.29, 0.717) is 23.9 Å². The summed E-state index contributed by atoms with van der Waals surface area (Å²) in [5.74, 6) is 1.22. The van der Waals surface area contributed by atoms with Crippen LogP contribution in [0.5, 0.6) is 0 Å². The van der Waals surface area contributed by atoms with Crippen molar-refractivity contribution in [3.05, 3.63) is 17.6 Å². The van der Waals surface area contributed by atoms with E-state index in [0.717, 1.165) is 0 Å². The standard InChI is InChI=1S/C9H13N5/c1-6(11)5-12-9-3-8(4-10)13-7(2)14-9/h3,6H,5,11H2,1-2H3,(H,12,13,14). The second-order valence-electron chi connectivity index (χ2n) is 3.16. The van der Waals surface area contributed by atoms with Gasteiger partial charge in [0.1, 0.15) is 23.4 Å². The molecule has 3 N–H and O–H groups in total. The van der Waals surface area contributed by atoms with Crippen LogP contribution in [-0.4, -0.2) is 22.6 Å². The number of rotatable bonds is 3. The summed E-state index contributed by atoms with van der Waals surface area (Å²) in [4.78, 5) is 8.06. The quantitative estimate of drug-likeness (QED) is 0.722. The minimum atomic E-state index is 0.0517. The predicted molar refractivity (Wildman–Crippen MR) is 53.6 cm³/mol. The van der Waals surface area contributed by atoms with E-state index in [4.69, 9.17) is 11.0 Å². The molecular weight excluding hydrogens is 178 g/mol. The lowest BCUT2D eigenvalue weighted by molar-refractivity contribution is 0.776. The highest BCUT2D eigenvalue weighted by atomic mass is 15.0. The minimum Gasteiger partial charge on any atom is -0.368 e. The van der Waals surface area contributed by atoms with Crippen LogP contribution in [0.1, 0.15) is 18.4 Å². The number of nitrogens with zero attached hydrogens (tertiary/aromatic N) is 3. The first-order chi connectivity index (χ1) is 6.61. The Kier molecular flexibility index (Phi) is 3.37. The fourth-order valence-electron chi connectivity index (χ4n) is 0.981. The molecule has 1 unspecified atom stereocenters. The van der Waals surface area contributed by atoms with Crippen LogP contribution in [0.4, 0.5) is 5.82 Å². The molecule has 0 bridgehead atoms. The summed E-state index contributed by atoms with van der Waals surface area (Å²) in [5.41, 5.74) is 5.94. The van der Waals surface area contributed by atoms with Gasteiger partial charge in [0.05, 0.1) is 0 Å². The zero-order valence-corrected chi connectivity index (χ0v) is 8.28. The summed E-state index contributed by atoms with van der Waals surface area (Å²) in [6.07, 6.45) is 0. The van der Waals surface area contributed by atoms with Gasteiger partial charge >= 0.3 is 0 Å². The Morgan fingerprint density at radius 1 is 1.64 bits per heavy atom. The fourth-order valence-corrected chi connectivity index (χ4v) is 0.981. The number of hydrogen-bond acceptors (Lipinski definition) is 5. The monoisotopic (exact) mass is 191 g/mol. The Morgan fingerprint density at radius 2 is 2.36 bits per heavy atom. The number of nitrogens with two attached hydrogens (primary N) is 1.